The van der Waals surface area contributed by atoms with Gasteiger partial charge in [0, 0.05) is 13.0 Å². The molecule has 0 aliphatic rings. The molecule has 0 fully saturated rings. The standard InChI is InChI=1S/C16H16BrClO2/c1-19-9-8-12-2-5-14(6-3-12)20-16-7-4-13(11-18)10-15(16)17/h2-7,10H,8-9,11H2,1H3. The number of rotatable bonds is 6. The molecular weight excluding hydrogens is 340 g/mol. The van der Waals surface area contributed by atoms with Gasteiger partial charge in [0.1, 0.15) is 11.5 Å². The SMILES string of the molecule is COCCc1ccc(Oc2ccc(CCl)cc2Br)cc1. The third-order valence-corrected chi connectivity index (χ3v) is 3.82. The van der Waals surface area contributed by atoms with E-state index in [2.05, 4.69) is 28.1 Å². The minimum absolute atomic E-state index is 0.493. The van der Waals surface area contributed by atoms with Crippen LogP contribution in [0.25, 0.3) is 0 Å². The zero-order valence-electron chi connectivity index (χ0n) is 11.2. The van der Waals surface area contributed by atoms with E-state index in [0.29, 0.717) is 5.88 Å². The highest BCUT2D eigenvalue weighted by Crippen LogP contribution is 2.31. The van der Waals surface area contributed by atoms with Crippen molar-refractivity contribution < 1.29 is 9.47 Å². The van der Waals surface area contributed by atoms with Crippen molar-refractivity contribution in [3.63, 3.8) is 0 Å². The first-order chi connectivity index (χ1) is 9.72. The molecule has 0 aliphatic carbocycles. The Morgan fingerprint density at radius 1 is 1.05 bits per heavy atom. The van der Waals surface area contributed by atoms with E-state index in [1.807, 2.05) is 30.3 Å². The number of alkyl halides is 1. The van der Waals surface area contributed by atoms with Crippen LogP contribution in [0.1, 0.15) is 11.1 Å². The quantitative estimate of drug-likeness (QED) is 0.666. The van der Waals surface area contributed by atoms with Gasteiger partial charge in [-0.3, -0.25) is 0 Å². The summed E-state index contributed by atoms with van der Waals surface area (Å²) in [5.74, 6) is 2.08. The molecule has 20 heavy (non-hydrogen) atoms. The summed E-state index contributed by atoms with van der Waals surface area (Å²) in [4.78, 5) is 0. The molecule has 2 nitrogen and oxygen atoms in total. The van der Waals surface area contributed by atoms with Gasteiger partial charge >= 0.3 is 0 Å². The van der Waals surface area contributed by atoms with E-state index in [1.165, 1.54) is 5.56 Å². The molecule has 0 spiro atoms. The Morgan fingerprint density at radius 2 is 1.75 bits per heavy atom. The van der Waals surface area contributed by atoms with Crippen LogP contribution in [0.15, 0.2) is 46.9 Å². The maximum absolute atomic E-state index is 5.85. The fourth-order valence-corrected chi connectivity index (χ4v) is 2.45. The van der Waals surface area contributed by atoms with Crippen LogP contribution < -0.4 is 4.74 Å². The van der Waals surface area contributed by atoms with Crippen LogP contribution >= 0.6 is 27.5 Å². The molecule has 0 radical (unpaired) electrons. The summed E-state index contributed by atoms with van der Waals surface area (Å²) >= 11 is 9.29. The lowest BCUT2D eigenvalue weighted by molar-refractivity contribution is 0.202. The van der Waals surface area contributed by atoms with Gasteiger partial charge in [-0.05, 0) is 57.7 Å². The average Bonchev–Trinajstić information content (AvgIpc) is 2.48. The summed E-state index contributed by atoms with van der Waals surface area (Å²) in [5, 5.41) is 0. The van der Waals surface area contributed by atoms with E-state index >= 15 is 0 Å². The minimum atomic E-state index is 0.493. The van der Waals surface area contributed by atoms with Gasteiger partial charge in [0.2, 0.25) is 0 Å². The lowest BCUT2D eigenvalue weighted by atomic mass is 10.1. The molecule has 2 aromatic rings. The molecule has 0 saturated heterocycles. The van der Waals surface area contributed by atoms with Crippen LogP contribution in [-0.2, 0) is 17.0 Å². The highest BCUT2D eigenvalue weighted by Gasteiger charge is 2.04. The summed E-state index contributed by atoms with van der Waals surface area (Å²) in [7, 11) is 1.71. The minimum Gasteiger partial charge on any atom is -0.456 e. The first kappa shape index (κ1) is 15.4. The van der Waals surface area contributed by atoms with E-state index in [9.17, 15) is 0 Å². The Balaban J connectivity index is 2.06. The van der Waals surface area contributed by atoms with E-state index in [4.69, 9.17) is 21.1 Å². The number of hydrogen-bond donors (Lipinski definition) is 0. The smallest absolute Gasteiger partial charge is 0.141 e. The predicted molar refractivity (Wildman–Crippen MR) is 85.8 cm³/mol. The van der Waals surface area contributed by atoms with Crippen molar-refractivity contribution in [3.8, 4) is 11.5 Å². The van der Waals surface area contributed by atoms with Crippen LogP contribution in [-0.4, -0.2) is 13.7 Å². The highest BCUT2D eigenvalue weighted by atomic mass is 79.9. The first-order valence-corrected chi connectivity index (χ1v) is 7.66. The van der Waals surface area contributed by atoms with Crippen molar-refractivity contribution in [2.75, 3.05) is 13.7 Å². The van der Waals surface area contributed by atoms with Crippen LogP contribution in [0.5, 0.6) is 11.5 Å². The second-order valence-electron chi connectivity index (χ2n) is 4.39. The molecule has 0 heterocycles. The molecule has 4 heteroatoms. The fraction of sp³-hybridized carbons (Fsp3) is 0.250. The van der Waals surface area contributed by atoms with E-state index in [-0.39, 0.29) is 0 Å². The number of ether oxygens (including phenoxy) is 2. The summed E-state index contributed by atoms with van der Waals surface area (Å²) in [5.41, 5.74) is 2.29. The molecule has 0 N–H and O–H groups in total. The van der Waals surface area contributed by atoms with Crippen molar-refractivity contribution in [3.05, 3.63) is 58.1 Å². The van der Waals surface area contributed by atoms with Gasteiger partial charge in [0.15, 0.2) is 0 Å². The van der Waals surface area contributed by atoms with Crippen molar-refractivity contribution >= 4 is 27.5 Å². The second-order valence-corrected chi connectivity index (χ2v) is 5.51. The van der Waals surface area contributed by atoms with Crippen LogP contribution in [0.2, 0.25) is 0 Å². The molecule has 0 atom stereocenters. The average molecular weight is 356 g/mol. The summed E-state index contributed by atoms with van der Waals surface area (Å²) in [6.45, 7) is 0.728. The fourth-order valence-electron chi connectivity index (χ4n) is 1.78. The van der Waals surface area contributed by atoms with Gasteiger partial charge in [-0.2, -0.15) is 0 Å². The largest absolute Gasteiger partial charge is 0.456 e. The van der Waals surface area contributed by atoms with Crippen molar-refractivity contribution in [2.24, 2.45) is 0 Å². The lowest BCUT2D eigenvalue weighted by Gasteiger charge is -2.09. The molecule has 0 amide bonds. The molecule has 2 rings (SSSR count). The highest BCUT2D eigenvalue weighted by molar-refractivity contribution is 9.10. The van der Waals surface area contributed by atoms with Crippen molar-refractivity contribution in [2.45, 2.75) is 12.3 Å². The topological polar surface area (TPSA) is 18.5 Å². The van der Waals surface area contributed by atoms with Gasteiger partial charge in [0.25, 0.3) is 0 Å². The molecule has 0 unspecified atom stereocenters. The normalized spacial score (nSPS) is 10.6. The number of hydrogen-bond acceptors (Lipinski definition) is 2. The Labute approximate surface area is 132 Å². The first-order valence-electron chi connectivity index (χ1n) is 6.33. The number of benzene rings is 2. The summed E-state index contributed by atoms with van der Waals surface area (Å²) in [6, 6.07) is 13.9. The van der Waals surface area contributed by atoms with Crippen LogP contribution in [0.3, 0.4) is 0 Å². The molecular formula is C16H16BrClO2. The maximum Gasteiger partial charge on any atom is 0.141 e. The monoisotopic (exact) mass is 354 g/mol. The Morgan fingerprint density at radius 3 is 2.35 bits per heavy atom. The van der Waals surface area contributed by atoms with Crippen molar-refractivity contribution in [1.29, 1.82) is 0 Å². The predicted octanol–water partition coefficient (Wildman–Crippen LogP) is 5.17. The molecule has 0 saturated carbocycles. The van der Waals surface area contributed by atoms with E-state index in [1.54, 1.807) is 7.11 Å². The summed E-state index contributed by atoms with van der Waals surface area (Å²) in [6.07, 6.45) is 0.908. The van der Waals surface area contributed by atoms with Gasteiger partial charge in [-0.1, -0.05) is 18.2 Å². The molecule has 2 aromatic carbocycles. The molecule has 0 bridgehead atoms. The van der Waals surface area contributed by atoms with Gasteiger partial charge < -0.3 is 9.47 Å². The zero-order valence-corrected chi connectivity index (χ0v) is 13.6. The van der Waals surface area contributed by atoms with Gasteiger partial charge in [0.05, 0.1) is 11.1 Å². The molecule has 0 aromatic heterocycles. The van der Waals surface area contributed by atoms with Crippen LogP contribution in [0, 0.1) is 0 Å². The van der Waals surface area contributed by atoms with Gasteiger partial charge in [-0.25, -0.2) is 0 Å². The number of methoxy groups -OCH3 is 1. The Bertz CT molecular complexity index is 555. The molecule has 106 valence electrons. The lowest BCUT2D eigenvalue weighted by Crippen LogP contribution is -1.94. The van der Waals surface area contributed by atoms with Crippen LogP contribution in [0.4, 0.5) is 0 Å². The Kier molecular flexibility index (Phi) is 5.89. The zero-order chi connectivity index (χ0) is 14.4. The summed E-state index contributed by atoms with van der Waals surface area (Å²) < 4.78 is 11.8. The third-order valence-electron chi connectivity index (χ3n) is 2.90. The van der Waals surface area contributed by atoms with Crippen molar-refractivity contribution in [1.82, 2.24) is 0 Å². The third kappa shape index (κ3) is 4.23. The van der Waals surface area contributed by atoms with Gasteiger partial charge in [-0.15, -0.1) is 11.6 Å². The maximum atomic E-state index is 5.85. The van der Waals surface area contributed by atoms with E-state index in [0.717, 1.165) is 34.6 Å². The number of halogens is 2. The second kappa shape index (κ2) is 7.67. The Hall–Kier alpha value is -1.03. The molecule has 0 aliphatic heterocycles. The van der Waals surface area contributed by atoms with E-state index < -0.39 is 0 Å².